The second kappa shape index (κ2) is 19.0. The average molecular weight is 971 g/mol. The number of carbonyl (C=O) groups excluding carboxylic acids is 5. The van der Waals surface area contributed by atoms with Crippen LogP contribution in [0.15, 0.2) is 54.7 Å². The zero-order valence-electron chi connectivity index (χ0n) is 42.0. The summed E-state index contributed by atoms with van der Waals surface area (Å²) >= 11 is 0. The van der Waals surface area contributed by atoms with Crippen molar-refractivity contribution in [1.29, 1.82) is 0 Å². The highest BCUT2D eigenvalue weighted by atomic mass is 16.5. The van der Waals surface area contributed by atoms with Crippen LogP contribution in [0, 0.1) is 22.7 Å². The number of aromatic hydroxyl groups is 1. The molecule has 4 amide bonds. The normalized spacial score (nSPS) is 26.6. The summed E-state index contributed by atoms with van der Waals surface area (Å²) in [6, 6.07) is 13.0. The number of carbonyl (C=O) groups is 5. The van der Waals surface area contributed by atoms with Crippen LogP contribution >= 0.6 is 0 Å². The fraction of sp³-hybridized carbons (Fsp3) is 0.564. The number of aliphatic hydroxyl groups excluding tert-OH is 1. The standard InChI is InChI=1S/C55H70N8O8/c1-7-61-43-15-14-35-26-40(43)41(49(61)39-11-8-18-56-45(39)32(4)64)28-54(5,6)30-71-44(66)27-37-10-9-19-63(59-37)51(68)42(24-33-22-36(35)25-38(65)23-33)57-50(67)48(31(2)3)62-21-17-55(53(62)70)16-20-60(29-55)52(69)47-46(58-47)34-12-13-34/h8,11,14-15,18,22-23,25-26,31-32,34,37,42,46-48,58-59,64-65H,7,9-10,12-13,16-17,19-21,24,27-30H2,1-6H3,(H,57,67)/t32-,37-,42-,46+,47+,48-,55-/m0/s1. The molecule has 1 saturated carbocycles. The molecule has 5 fully saturated rings. The zero-order chi connectivity index (χ0) is 50.1. The molecule has 1 aliphatic carbocycles. The first-order valence-corrected chi connectivity index (χ1v) is 26.0. The molecule has 4 saturated heterocycles. The van der Waals surface area contributed by atoms with Gasteiger partial charge in [0.15, 0.2) is 0 Å². The molecule has 16 heteroatoms. The lowest BCUT2D eigenvalue weighted by Crippen LogP contribution is -2.61. The number of amides is 4. The molecule has 2 aromatic carbocycles. The van der Waals surface area contributed by atoms with Crippen molar-refractivity contribution in [3.8, 4) is 28.1 Å². The minimum Gasteiger partial charge on any atom is -0.508 e. The molecule has 6 bridgehead atoms. The van der Waals surface area contributed by atoms with E-state index in [0.717, 1.165) is 46.1 Å². The van der Waals surface area contributed by atoms with Gasteiger partial charge in [0.25, 0.3) is 5.91 Å². The molecule has 0 unspecified atom stereocenters. The number of pyridine rings is 1. The van der Waals surface area contributed by atoms with Crippen molar-refractivity contribution in [2.24, 2.45) is 22.7 Å². The van der Waals surface area contributed by atoms with Crippen molar-refractivity contribution in [2.45, 2.75) is 142 Å². The molecule has 4 aromatic rings. The summed E-state index contributed by atoms with van der Waals surface area (Å²) < 4.78 is 8.29. The van der Waals surface area contributed by atoms with E-state index in [-0.39, 0.29) is 55.0 Å². The number of hydrazine groups is 1. The van der Waals surface area contributed by atoms with Crippen LogP contribution in [0.3, 0.4) is 0 Å². The molecule has 1 spiro atoms. The first-order valence-electron chi connectivity index (χ1n) is 26.0. The molecule has 2 aromatic heterocycles. The van der Waals surface area contributed by atoms with Gasteiger partial charge >= 0.3 is 5.97 Å². The van der Waals surface area contributed by atoms with Crippen molar-refractivity contribution in [3.63, 3.8) is 0 Å². The van der Waals surface area contributed by atoms with E-state index < -0.39 is 52.8 Å². The topological polar surface area (TPSA) is 209 Å². The number of nitrogens with zero attached hydrogens (tertiary/aromatic N) is 5. The summed E-state index contributed by atoms with van der Waals surface area (Å²) in [6.45, 7) is 14.1. The minimum atomic E-state index is -1.12. The first-order chi connectivity index (χ1) is 33.9. The summed E-state index contributed by atoms with van der Waals surface area (Å²) in [4.78, 5) is 79.6. The number of aromatic nitrogens is 2. The van der Waals surface area contributed by atoms with E-state index in [1.165, 1.54) is 5.01 Å². The summed E-state index contributed by atoms with van der Waals surface area (Å²) in [5, 5.41) is 31.3. The Hall–Kier alpha value is -5.84. The van der Waals surface area contributed by atoms with Gasteiger partial charge in [-0.05, 0) is 129 Å². The Labute approximate surface area is 415 Å². The Bertz CT molecular complexity index is 2760. The van der Waals surface area contributed by atoms with Crippen LogP contribution in [0.2, 0.25) is 0 Å². The molecule has 7 atom stereocenters. The Morgan fingerprint density at radius 2 is 1.76 bits per heavy atom. The van der Waals surface area contributed by atoms with Crippen LogP contribution in [0.25, 0.3) is 33.3 Å². The van der Waals surface area contributed by atoms with Crippen LogP contribution in [0.1, 0.15) is 109 Å². The van der Waals surface area contributed by atoms with Gasteiger partial charge in [0.05, 0.1) is 35.9 Å². The third-order valence-electron chi connectivity index (χ3n) is 16.0. The van der Waals surface area contributed by atoms with E-state index in [0.29, 0.717) is 87.6 Å². The van der Waals surface area contributed by atoms with Crippen LogP contribution in [0.5, 0.6) is 5.75 Å². The number of ether oxygens (including phenoxy) is 1. The number of phenols is 1. The third-order valence-corrected chi connectivity index (χ3v) is 16.0. The van der Waals surface area contributed by atoms with Gasteiger partial charge in [-0.2, -0.15) is 0 Å². The van der Waals surface area contributed by atoms with Gasteiger partial charge in [0.2, 0.25) is 17.7 Å². The summed E-state index contributed by atoms with van der Waals surface area (Å²) in [7, 11) is 0. The summed E-state index contributed by atoms with van der Waals surface area (Å²) in [5.74, 6) is -1.05. The number of likely N-dealkylation sites (tertiary alicyclic amines) is 2. The second-order valence-corrected chi connectivity index (χ2v) is 22.5. The maximum atomic E-state index is 14.9. The van der Waals surface area contributed by atoms with E-state index in [1.807, 2.05) is 43.0 Å². The lowest BCUT2D eigenvalue weighted by atomic mass is 9.84. The van der Waals surface area contributed by atoms with Gasteiger partial charge in [-0.25, -0.2) is 5.43 Å². The Morgan fingerprint density at radius 1 is 0.972 bits per heavy atom. The van der Waals surface area contributed by atoms with E-state index in [1.54, 1.807) is 30.2 Å². The number of benzene rings is 2. The van der Waals surface area contributed by atoms with Crippen molar-refractivity contribution in [1.82, 2.24) is 40.4 Å². The van der Waals surface area contributed by atoms with Gasteiger partial charge in [-0.3, -0.25) is 39.3 Å². The molecule has 10 rings (SSSR count). The van der Waals surface area contributed by atoms with E-state index in [9.17, 15) is 34.2 Å². The molecule has 6 aliphatic rings. The molecular weight excluding hydrogens is 901 g/mol. The Morgan fingerprint density at radius 3 is 2.51 bits per heavy atom. The third kappa shape index (κ3) is 9.54. The number of cyclic esters (lactones) is 1. The molecule has 0 radical (unpaired) electrons. The van der Waals surface area contributed by atoms with E-state index >= 15 is 0 Å². The van der Waals surface area contributed by atoms with Crippen molar-refractivity contribution in [3.05, 3.63) is 71.5 Å². The highest BCUT2D eigenvalue weighted by Gasteiger charge is 2.58. The number of hydrogen-bond acceptors (Lipinski definition) is 11. The fourth-order valence-corrected chi connectivity index (χ4v) is 12.2. The molecule has 5 N–H and O–H groups in total. The number of aliphatic hydroxyl groups is 1. The quantitative estimate of drug-likeness (QED) is 0.106. The zero-order valence-corrected chi connectivity index (χ0v) is 42.0. The van der Waals surface area contributed by atoms with Crippen molar-refractivity contribution < 1.29 is 38.9 Å². The summed E-state index contributed by atoms with van der Waals surface area (Å²) in [6.07, 6.45) is 6.04. The average Bonchev–Trinajstić information content (AvgIpc) is 4.25. The monoisotopic (exact) mass is 971 g/mol. The highest BCUT2D eigenvalue weighted by Crippen LogP contribution is 2.46. The number of nitrogens with one attached hydrogen (secondary N) is 3. The lowest BCUT2D eigenvalue weighted by Gasteiger charge is -2.37. The molecular formula is C55H70N8O8. The second-order valence-electron chi connectivity index (χ2n) is 22.5. The fourth-order valence-electron chi connectivity index (χ4n) is 12.2. The van der Waals surface area contributed by atoms with Crippen LogP contribution < -0.4 is 16.1 Å². The van der Waals surface area contributed by atoms with Crippen molar-refractivity contribution in [2.75, 3.05) is 32.8 Å². The van der Waals surface area contributed by atoms with Gasteiger partial charge in [-0.15, -0.1) is 0 Å². The number of rotatable bonds is 9. The van der Waals surface area contributed by atoms with Gasteiger partial charge in [0, 0.05) is 79.3 Å². The lowest BCUT2D eigenvalue weighted by molar-refractivity contribution is -0.150. The largest absolute Gasteiger partial charge is 0.508 e. The number of esters is 1. The highest BCUT2D eigenvalue weighted by molar-refractivity contribution is 5.97. The molecule has 16 nitrogen and oxygen atoms in total. The number of phenolic OH excluding ortho intramolecular Hbond substituents is 1. The Kier molecular flexibility index (Phi) is 13.0. The predicted octanol–water partition coefficient (Wildman–Crippen LogP) is 5.41. The predicted molar refractivity (Wildman–Crippen MR) is 267 cm³/mol. The van der Waals surface area contributed by atoms with Gasteiger partial charge in [0.1, 0.15) is 23.9 Å². The van der Waals surface area contributed by atoms with Crippen molar-refractivity contribution >= 4 is 40.5 Å². The summed E-state index contributed by atoms with van der Waals surface area (Å²) in [5.41, 5.74) is 8.41. The van der Waals surface area contributed by atoms with Crippen LogP contribution in [-0.2, 0) is 48.1 Å². The number of hydrogen-bond donors (Lipinski definition) is 5. The number of fused-ring (bicyclic) bond motifs is 6. The number of aryl methyl sites for hydroxylation is 1. The van der Waals surface area contributed by atoms with Crippen LogP contribution in [-0.4, -0.2) is 127 Å². The van der Waals surface area contributed by atoms with E-state index in [2.05, 4.69) is 58.5 Å². The maximum absolute atomic E-state index is 14.9. The minimum absolute atomic E-state index is 0.00409. The molecule has 378 valence electrons. The Balaban J connectivity index is 0.988. The van der Waals surface area contributed by atoms with Crippen LogP contribution in [0.4, 0.5) is 0 Å². The SMILES string of the molecule is CCn1c(-c2cccnc2[C@H](C)O)c2c3cc(ccc31)-c1cc(O)cc(c1)C[C@H](NC(=O)[C@H](C(C)C)N1CC[C@]3(CCN(C(=O)[C@@H]4N[C@@H]4C4CC4)C3)C1=O)C(=O)N1CCC[C@@H](CC(=O)OCC(C)(C)C2)N1. The molecule has 71 heavy (non-hydrogen) atoms. The molecule has 5 aliphatic heterocycles. The first kappa shape index (κ1) is 48.8. The smallest absolute Gasteiger partial charge is 0.307 e. The van der Waals surface area contributed by atoms with Gasteiger partial charge < -0.3 is 34.6 Å². The maximum Gasteiger partial charge on any atom is 0.307 e. The van der Waals surface area contributed by atoms with E-state index in [4.69, 9.17) is 4.74 Å². The molecule has 7 heterocycles. The van der Waals surface area contributed by atoms with Gasteiger partial charge in [-0.1, -0.05) is 39.8 Å².